The van der Waals surface area contributed by atoms with Crippen molar-refractivity contribution in [2.75, 3.05) is 0 Å². The number of nitrogens with one attached hydrogen (secondary N) is 1. The SMILES string of the molecule is Cc1cscc1CNC(=O)Cc1ccc(C(N)=S)cc1. The average molecular weight is 304 g/mol. The Bertz CT molecular complexity index is 617. The van der Waals surface area contributed by atoms with E-state index in [1.54, 1.807) is 11.3 Å². The molecule has 1 aromatic carbocycles. The summed E-state index contributed by atoms with van der Waals surface area (Å²) in [6.07, 6.45) is 0.362. The molecule has 2 rings (SSSR count). The lowest BCUT2D eigenvalue weighted by atomic mass is 10.1. The van der Waals surface area contributed by atoms with Gasteiger partial charge in [-0.3, -0.25) is 4.79 Å². The highest BCUT2D eigenvalue weighted by atomic mass is 32.1. The molecule has 1 aromatic heterocycles. The first-order valence-corrected chi connectivity index (χ1v) is 7.58. The number of hydrogen-bond acceptors (Lipinski definition) is 3. The Balaban J connectivity index is 1.88. The number of aryl methyl sites for hydroxylation is 1. The maximum atomic E-state index is 11.9. The molecule has 3 nitrogen and oxygen atoms in total. The van der Waals surface area contributed by atoms with E-state index in [4.69, 9.17) is 18.0 Å². The fourth-order valence-electron chi connectivity index (χ4n) is 1.80. The quantitative estimate of drug-likeness (QED) is 0.835. The zero-order valence-electron chi connectivity index (χ0n) is 11.2. The number of nitrogens with two attached hydrogens (primary N) is 1. The van der Waals surface area contributed by atoms with E-state index in [9.17, 15) is 4.79 Å². The summed E-state index contributed by atoms with van der Waals surface area (Å²) < 4.78 is 0. The van der Waals surface area contributed by atoms with Crippen LogP contribution in [0.2, 0.25) is 0 Å². The van der Waals surface area contributed by atoms with E-state index in [2.05, 4.69) is 16.1 Å². The Morgan fingerprint density at radius 2 is 2.00 bits per heavy atom. The van der Waals surface area contributed by atoms with E-state index >= 15 is 0 Å². The molecule has 104 valence electrons. The van der Waals surface area contributed by atoms with Crippen LogP contribution in [0.5, 0.6) is 0 Å². The zero-order valence-corrected chi connectivity index (χ0v) is 12.8. The number of benzene rings is 1. The fraction of sp³-hybridized carbons (Fsp3) is 0.200. The molecule has 0 aliphatic rings. The second kappa shape index (κ2) is 6.63. The van der Waals surface area contributed by atoms with Crippen molar-refractivity contribution in [2.24, 2.45) is 5.73 Å². The standard InChI is InChI=1S/C15H16N2OS2/c1-10-8-20-9-13(10)7-17-14(18)6-11-2-4-12(5-3-11)15(16)19/h2-5,8-9H,6-7H2,1H3,(H2,16,19)(H,17,18). The van der Waals surface area contributed by atoms with Gasteiger partial charge in [0, 0.05) is 12.1 Å². The van der Waals surface area contributed by atoms with Crippen molar-refractivity contribution in [1.82, 2.24) is 5.32 Å². The fourth-order valence-corrected chi connectivity index (χ4v) is 2.79. The van der Waals surface area contributed by atoms with Crippen molar-refractivity contribution in [1.29, 1.82) is 0 Å². The monoisotopic (exact) mass is 304 g/mol. The number of thiocarbonyl (C=S) groups is 1. The number of thiophene rings is 1. The lowest BCUT2D eigenvalue weighted by Crippen LogP contribution is -2.24. The van der Waals surface area contributed by atoms with Crippen LogP contribution in [-0.4, -0.2) is 10.9 Å². The maximum Gasteiger partial charge on any atom is 0.224 e. The summed E-state index contributed by atoms with van der Waals surface area (Å²) in [5.41, 5.74) is 9.69. The van der Waals surface area contributed by atoms with Gasteiger partial charge in [-0.1, -0.05) is 36.5 Å². The lowest BCUT2D eigenvalue weighted by Gasteiger charge is -2.06. The minimum absolute atomic E-state index is 0.0127. The number of carbonyl (C=O) groups excluding carboxylic acids is 1. The van der Waals surface area contributed by atoms with E-state index in [0.717, 1.165) is 11.1 Å². The molecule has 2 aromatic rings. The molecule has 1 heterocycles. The molecule has 0 atom stereocenters. The largest absolute Gasteiger partial charge is 0.389 e. The number of hydrogen-bond donors (Lipinski definition) is 2. The number of rotatable bonds is 5. The number of carbonyl (C=O) groups is 1. The normalized spacial score (nSPS) is 10.2. The van der Waals surface area contributed by atoms with E-state index in [1.807, 2.05) is 31.2 Å². The van der Waals surface area contributed by atoms with Gasteiger partial charge in [-0.25, -0.2) is 0 Å². The lowest BCUT2D eigenvalue weighted by molar-refractivity contribution is -0.120. The van der Waals surface area contributed by atoms with E-state index in [-0.39, 0.29) is 5.91 Å². The summed E-state index contributed by atoms with van der Waals surface area (Å²) >= 11 is 6.54. The molecular formula is C15H16N2OS2. The second-order valence-corrected chi connectivity index (χ2v) is 5.78. The smallest absolute Gasteiger partial charge is 0.224 e. The van der Waals surface area contributed by atoms with Gasteiger partial charge in [0.15, 0.2) is 0 Å². The third kappa shape index (κ3) is 3.88. The topological polar surface area (TPSA) is 55.1 Å². The van der Waals surface area contributed by atoms with Crippen LogP contribution < -0.4 is 11.1 Å². The van der Waals surface area contributed by atoms with Crippen LogP contribution >= 0.6 is 23.6 Å². The molecule has 0 bridgehead atoms. The Morgan fingerprint density at radius 3 is 2.55 bits per heavy atom. The van der Waals surface area contributed by atoms with Crippen LogP contribution in [0.15, 0.2) is 35.0 Å². The average Bonchev–Trinajstić information content (AvgIpc) is 2.82. The number of amides is 1. The predicted molar refractivity (Wildman–Crippen MR) is 86.9 cm³/mol. The summed E-state index contributed by atoms with van der Waals surface area (Å²) in [7, 11) is 0. The third-order valence-electron chi connectivity index (χ3n) is 3.04. The molecule has 20 heavy (non-hydrogen) atoms. The zero-order chi connectivity index (χ0) is 14.5. The van der Waals surface area contributed by atoms with Crippen molar-refractivity contribution in [3.8, 4) is 0 Å². The summed E-state index contributed by atoms with van der Waals surface area (Å²) in [6, 6.07) is 7.44. The van der Waals surface area contributed by atoms with Crippen LogP contribution in [0.4, 0.5) is 0 Å². The van der Waals surface area contributed by atoms with Gasteiger partial charge in [-0.15, -0.1) is 0 Å². The van der Waals surface area contributed by atoms with E-state index in [0.29, 0.717) is 18.0 Å². The molecular weight excluding hydrogens is 288 g/mol. The van der Waals surface area contributed by atoms with Gasteiger partial charge in [0.05, 0.1) is 6.42 Å². The van der Waals surface area contributed by atoms with Gasteiger partial charge in [-0.2, -0.15) is 11.3 Å². The summed E-state index contributed by atoms with van der Waals surface area (Å²) in [5, 5.41) is 7.07. The molecule has 0 saturated heterocycles. The van der Waals surface area contributed by atoms with Crippen molar-refractivity contribution < 1.29 is 4.79 Å². The van der Waals surface area contributed by atoms with Crippen molar-refractivity contribution in [3.63, 3.8) is 0 Å². The third-order valence-corrected chi connectivity index (χ3v) is 4.19. The van der Waals surface area contributed by atoms with Crippen LogP contribution in [0.25, 0.3) is 0 Å². The Kier molecular flexibility index (Phi) is 4.87. The molecule has 0 fully saturated rings. The Morgan fingerprint density at radius 1 is 1.30 bits per heavy atom. The first kappa shape index (κ1) is 14.7. The van der Waals surface area contributed by atoms with Gasteiger partial charge in [0.1, 0.15) is 4.99 Å². The molecule has 0 aliphatic heterocycles. The van der Waals surface area contributed by atoms with Crippen molar-refractivity contribution in [3.05, 3.63) is 57.3 Å². The molecule has 0 spiro atoms. The molecule has 1 amide bonds. The van der Waals surface area contributed by atoms with Gasteiger partial charge >= 0.3 is 0 Å². The van der Waals surface area contributed by atoms with Crippen LogP contribution in [0.1, 0.15) is 22.3 Å². The highest BCUT2D eigenvalue weighted by Gasteiger charge is 2.05. The first-order valence-electron chi connectivity index (χ1n) is 6.23. The summed E-state index contributed by atoms with van der Waals surface area (Å²) in [5.74, 6) is 0.0127. The predicted octanol–water partition coefficient (Wildman–Crippen LogP) is 2.55. The van der Waals surface area contributed by atoms with Crippen molar-refractivity contribution in [2.45, 2.75) is 19.9 Å². The maximum absolute atomic E-state index is 11.9. The molecule has 0 radical (unpaired) electrons. The first-order chi connectivity index (χ1) is 9.56. The van der Waals surface area contributed by atoms with Crippen LogP contribution in [0, 0.1) is 6.92 Å². The Hall–Kier alpha value is -1.72. The highest BCUT2D eigenvalue weighted by Crippen LogP contribution is 2.13. The van der Waals surface area contributed by atoms with Gasteiger partial charge in [0.2, 0.25) is 5.91 Å². The highest BCUT2D eigenvalue weighted by molar-refractivity contribution is 7.80. The van der Waals surface area contributed by atoms with Crippen LogP contribution in [-0.2, 0) is 17.8 Å². The second-order valence-electron chi connectivity index (χ2n) is 4.59. The summed E-state index contributed by atoms with van der Waals surface area (Å²) in [6.45, 7) is 2.63. The minimum atomic E-state index is 0.0127. The van der Waals surface area contributed by atoms with Crippen LogP contribution in [0.3, 0.4) is 0 Å². The van der Waals surface area contributed by atoms with E-state index < -0.39 is 0 Å². The van der Waals surface area contributed by atoms with Gasteiger partial charge in [-0.05, 0) is 34.4 Å². The molecule has 5 heteroatoms. The van der Waals surface area contributed by atoms with E-state index in [1.165, 1.54) is 11.1 Å². The van der Waals surface area contributed by atoms with Gasteiger partial charge < -0.3 is 11.1 Å². The molecule has 3 N–H and O–H groups in total. The van der Waals surface area contributed by atoms with Gasteiger partial charge in [0.25, 0.3) is 0 Å². The summed E-state index contributed by atoms with van der Waals surface area (Å²) in [4.78, 5) is 12.2. The molecule has 0 saturated carbocycles. The molecule has 0 aliphatic carbocycles. The minimum Gasteiger partial charge on any atom is -0.389 e. The Labute approximate surface area is 127 Å². The molecule has 0 unspecified atom stereocenters. The van der Waals surface area contributed by atoms with Crippen molar-refractivity contribution >= 4 is 34.5 Å².